The van der Waals surface area contributed by atoms with Gasteiger partial charge in [0.25, 0.3) is 0 Å². The topological polar surface area (TPSA) is 62.6 Å². The first-order chi connectivity index (χ1) is 10.5. The number of nitrogens with zero attached hydrogens (tertiary/aromatic N) is 1. The fourth-order valence-electron chi connectivity index (χ4n) is 2.84. The van der Waals surface area contributed by atoms with Crippen LogP contribution in [0.2, 0.25) is 0 Å². The Balaban J connectivity index is 2.00. The average Bonchev–Trinajstić information content (AvgIpc) is 3.01. The van der Waals surface area contributed by atoms with Crippen LogP contribution < -0.4 is 4.72 Å². The Labute approximate surface area is 134 Å². The van der Waals surface area contributed by atoms with E-state index in [-0.39, 0.29) is 11.8 Å². The Kier molecular flexibility index (Phi) is 6.47. The summed E-state index contributed by atoms with van der Waals surface area (Å²) in [6.45, 7) is 6.63. The molecule has 6 heteroatoms. The highest BCUT2D eigenvalue weighted by Gasteiger charge is 2.27. The molecule has 1 saturated heterocycles. The quantitative estimate of drug-likeness (QED) is 0.797. The number of hydrogen-bond acceptors (Lipinski definition) is 4. The first-order valence-electron chi connectivity index (χ1n) is 8.26. The average molecular weight is 328 g/mol. The van der Waals surface area contributed by atoms with E-state index >= 15 is 0 Å². The lowest BCUT2D eigenvalue weighted by Crippen LogP contribution is -2.42. The van der Waals surface area contributed by atoms with Crippen LogP contribution in [0.1, 0.15) is 51.3 Å². The number of hydrogen-bond donors (Lipinski definition) is 1. The third kappa shape index (κ3) is 5.11. The molecule has 1 unspecified atom stereocenters. The number of nitrogens with one attached hydrogen (secondary N) is 1. The van der Waals surface area contributed by atoms with Crippen LogP contribution in [-0.2, 0) is 10.0 Å². The Bertz CT molecular complexity index is 520. The van der Waals surface area contributed by atoms with E-state index in [9.17, 15) is 8.42 Å². The van der Waals surface area contributed by atoms with Crippen molar-refractivity contribution in [3.63, 3.8) is 0 Å². The molecule has 0 spiro atoms. The number of furan rings is 1. The van der Waals surface area contributed by atoms with Gasteiger partial charge in [-0.15, -0.1) is 0 Å². The molecule has 0 aromatic carbocycles. The van der Waals surface area contributed by atoms with E-state index in [1.54, 1.807) is 6.26 Å². The minimum absolute atomic E-state index is 0.0149. The van der Waals surface area contributed by atoms with Gasteiger partial charge in [0.15, 0.2) is 0 Å². The fourth-order valence-corrected chi connectivity index (χ4v) is 4.07. The molecule has 0 saturated carbocycles. The van der Waals surface area contributed by atoms with Gasteiger partial charge in [0.2, 0.25) is 10.0 Å². The van der Waals surface area contributed by atoms with Crippen molar-refractivity contribution in [3.05, 3.63) is 24.2 Å². The predicted molar refractivity (Wildman–Crippen MR) is 88.1 cm³/mol. The van der Waals surface area contributed by atoms with Gasteiger partial charge < -0.3 is 4.42 Å². The van der Waals surface area contributed by atoms with Gasteiger partial charge in [-0.05, 0) is 50.4 Å². The zero-order valence-corrected chi connectivity index (χ0v) is 14.4. The Morgan fingerprint density at radius 2 is 2.14 bits per heavy atom. The molecule has 126 valence electrons. The van der Waals surface area contributed by atoms with Crippen LogP contribution in [-0.4, -0.2) is 38.7 Å². The van der Waals surface area contributed by atoms with Crippen molar-refractivity contribution in [3.8, 4) is 0 Å². The molecule has 1 aromatic heterocycles. The summed E-state index contributed by atoms with van der Waals surface area (Å²) in [6.07, 6.45) is 5.54. The zero-order chi connectivity index (χ0) is 16.0. The summed E-state index contributed by atoms with van der Waals surface area (Å²) in [5.74, 6) is 1.79. The molecule has 0 aliphatic carbocycles. The van der Waals surface area contributed by atoms with Crippen molar-refractivity contribution >= 4 is 10.0 Å². The smallest absolute Gasteiger partial charge is 0.211 e. The summed E-state index contributed by atoms with van der Waals surface area (Å²) >= 11 is 0. The second kappa shape index (κ2) is 8.13. The minimum Gasteiger partial charge on any atom is -0.468 e. The summed E-state index contributed by atoms with van der Waals surface area (Å²) in [6, 6.07) is 3.78. The Morgan fingerprint density at radius 1 is 1.41 bits per heavy atom. The van der Waals surface area contributed by atoms with Crippen LogP contribution in [0.3, 0.4) is 0 Å². The Morgan fingerprint density at radius 3 is 2.73 bits per heavy atom. The molecule has 2 rings (SSSR count). The van der Waals surface area contributed by atoms with E-state index in [0.717, 1.165) is 44.0 Å². The molecule has 0 amide bonds. The normalized spacial score (nSPS) is 19.4. The van der Waals surface area contributed by atoms with Crippen LogP contribution in [0.25, 0.3) is 0 Å². The van der Waals surface area contributed by atoms with Crippen LogP contribution >= 0.6 is 0 Å². The largest absolute Gasteiger partial charge is 0.468 e. The highest BCUT2D eigenvalue weighted by atomic mass is 32.2. The number of piperidine rings is 1. The minimum atomic E-state index is -3.20. The molecule has 5 nitrogen and oxygen atoms in total. The van der Waals surface area contributed by atoms with Gasteiger partial charge in [-0.1, -0.05) is 20.3 Å². The van der Waals surface area contributed by atoms with Crippen molar-refractivity contribution in [2.45, 2.75) is 45.6 Å². The molecular formula is C16H28N2O3S. The van der Waals surface area contributed by atoms with E-state index < -0.39 is 10.0 Å². The third-order valence-corrected chi connectivity index (χ3v) is 5.83. The highest BCUT2D eigenvalue weighted by Crippen LogP contribution is 2.26. The van der Waals surface area contributed by atoms with Gasteiger partial charge in [-0.2, -0.15) is 0 Å². The van der Waals surface area contributed by atoms with Gasteiger partial charge in [0, 0.05) is 6.54 Å². The lowest BCUT2D eigenvalue weighted by molar-refractivity contribution is 0.125. The number of unbranched alkanes of at least 4 members (excludes halogenated alkanes) is 1. The second-order valence-corrected chi connectivity index (χ2v) is 8.20. The maximum absolute atomic E-state index is 12.0. The van der Waals surface area contributed by atoms with Crippen molar-refractivity contribution in [2.24, 2.45) is 5.92 Å². The summed E-state index contributed by atoms with van der Waals surface area (Å²) in [5.41, 5.74) is 0. The first kappa shape index (κ1) is 17.5. The lowest BCUT2D eigenvalue weighted by atomic mass is 9.97. The SMILES string of the molecule is CCCCS(=O)(=O)NCC(c1ccco1)N1CCC(C)CC1. The van der Waals surface area contributed by atoms with E-state index in [2.05, 4.69) is 16.5 Å². The maximum Gasteiger partial charge on any atom is 0.211 e. The number of rotatable bonds is 8. The molecule has 1 aliphatic heterocycles. The van der Waals surface area contributed by atoms with E-state index in [1.807, 2.05) is 19.1 Å². The zero-order valence-electron chi connectivity index (χ0n) is 13.6. The summed E-state index contributed by atoms with van der Waals surface area (Å²) in [5, 5.41) is 0. The third-order valence-electron chi connectivity index (χ3n) is 4.39. The number of likely N-dealkylation sites (tertiary alicyclic amines) is 1. The maximum atomic E-state index is 12.0. The van der Waals surface area contributed by atoms with Crippen molar-refractivity contribution < 1.29 is 12.8 Å². The first-order valence-corrected chi connectivity index (χ1v) is 9.92. The molecule has 1 aromatic rings. The van der Waals surface area contributed by atoms with Crippen LogP contribution in [0, 0.1) is 5.92 Å². The fraction of sp³-hybridized carbons (Fsp3) is 0.750. The van der Waals surface area contributed by atoms with Gasteiger partial charge in [0.1, 0.15) is 5.76 Å². The second-order valence-electron chi connectivity index (χ2n) is 6.27. The molecule has 2 heterocycles. The van der Waals surface area contributed by atoms with Gasteiger partial charge >= 0.3 is 0 Å². The van der Waals surface area contributed by atoms with Gasteiger partial charge in [-0.3, -0.25) is 4.90 Å². The standard InChI is InChI=1S/C16H28N2O3S/c1-3-4-12-22(19,20)17-13-15(16-6-5-11-21-16)18-9-7-14(2)8-10-18/h5-6,11,14-15,17H,3-4,7-10,12-13H2,1-2H3. The lowest BCUT2D eigenvalue weighted by Gasteiger charge is -2.35. The molecule has 0 bridgehead atoms. The monoisotopic (exact) mass is 328 g/mol. The van der Waals surface area contributed by atoms with Crippen LogP contribution in [0.4, 0.5) is 0 Å². The highest BCUT2D eigenvalue weighted by molar-refractivity contribution is 7.89. The molecule has 1 atom stereocenters. The van der Waals surface area contributed by atoms with E-state index in [1.165, 1.54) is 0 Å². The predicted octanol–water partition coefficient (Wildman–Crippen LogP) is 2.77. The Hall–Kier alpha value is -0.850. The van der Waals surface area contributed by atoms with Gasteiger partial charge in [-0.25, -0.2) is 13.1 Å². The van der Waals surface area contributed by atoms with Gasteiger partial charge in [0.05, 0.1) is 18.1 Å². The van der Waals surface area contributed by atoms with E-state index in [0.29, 0.717) is 13.0 Å². The summed E-state index contributed by atoms with van der Waals surface area (Å²) < 4.78 is 32.4. The summed E-state index contributed by atoms with van der Waals surface area (Å²) in [7, 11) is -3.20. The molecular weight excluding hydrogens is 300 g/mol. The molecule has 1 aliphatic rings. The van der Waals surface area contributed by atoms with Crippen molar-refractivity contribution in [1.82, 2.24) is 9.62 Å². The summed E-state index contributed by atoms with van der Waals surface area (Å²) in [4.78, 5) is 2.33. The number of sulfonamides is 1. The molecule has 22 heavy (non-hydrogen) atoms. The van der Waals surface area contributed by atoms with Crippen LogP contribution in [0.15, 0.2) is 22.8 Å². The molecule has 0 radical (unpaired) electrons. The molecule has 1 fully saturated rings. The van der Waals surface area contributed by atoms with Crippen LogP contribution in [0.5, 0.6) is 0 Å². The molecule has 1 N–H and O–H groups in total. The van der Waals surface area contributed by atoms with Crippen molar-refractivity contribution in [1.29, 1.82) is 0 Å². The van der Waals surface area contributed by atoms with Crippen molar-refractivity contribution in [2.75, 3.05) is 25.4 Å². The van der Waals surface area contributed by atoms with E-state index in [4.69, 9.17) is 4.42 Å².